The number of likely N-dealkylation sites (tertiary alicyclic amines) is 2. The van der Waals surface area contributed by atoms with Crippen molar-refractivity contribution in [3.05, 3.63) is 0 Å². The van der Waals surface area contributed by atoms with E-state index in [2.05, 4.69) is 10.2 Å². The minimum atomic E-state index is -0.129. The van der Waals surface area contributed by atoms with Gasteiger partial charge in [-0.3, -0.25) is 9.59 Å². The Morgan fingerprint density at radius 2 is 2.00 bits per heavy atom. The number of likely N-dealkylation sites (N-methyl/N-ethyl adjacent to an activating group) is 1. The fourth-order valence-corrected chi connectivity index (χ4v) is 3.38. The SMILES string of the molecule is CNCC1CCN(C(=O)C2CC(=O)N(CCN(C)C)C2)CC1. The van der Waals surface area contributed by atoms with Crippen molar-refractivity contribution in [3.8, 4) is 0 Å². The quantitative estimate of drug-likeness (QED) is 0.742. The van der Waals surface area contributed by atoms with Gasteiger partial charge in [0, 0.05) is 39.1 Å². The van der Waals surface area contributed by atoms with Crippen molar-refractivity contribution in [2.45, 2.75) is 19.3 Å². The van der Waals surface area contributed by atoms with E-state index in [0.717, 1.165) is 45.6 Å². The van der Waals surface area contributed by atoms with Crippen molar-refractivity contribution in [2.75, 3.05) is 60.4 Å². The Balaban J connectivity index is 1.80. The van der Waals surface area contributed by atoms with E-state index in [9.17, 15) is 9.59 Å². The largest absolute Gasteiger partial charge is 0.342 e. The van der Waals surface area contributed by atoms with Crippen LogP contribution < -0.4 is 5.32 Å². The maximum Gasteiger partial charge on any atom is 0.227 e. The van der Waals surface area contributed by atoms with Crippen LogP contribution in [0.5, 0.6) is 0 Å². The van der Waals surface area contributed by atoms with Gasteiger partial charge < -0.3 is 20.0 Å². The minimum absolute atomic E-state index is 0.129. The second-order valence-corrected chi connectivity index (χ2v) is 6.87. The van der Waals surface area contributed by atoms with Gasteiger partial charge >= 0.3 is 0 Å². The molecule has 0 aromatic carbocycles. The van der Waals surface area contributed by atoms with E-state index in [-0.39, 0.29) is 17.7 Å². The van der Waals surface area contributed by atoms with Crippen LogP contribution in [0.15, 0.2) is 0 Å². The first-order valence-electron chi connectivity index (χ1n) is 8.37. The summed E-state index contributed by atoms with van der Waals surface area (Å²) in [5.74, 6) is 0.861. The molecule has 0 aliphatic carbocycles. The van der Waals surface area contributed by atoms with Crippen molar-refractivity contribution in [2.24, 2.45) is 11.8 Å². The molecule has 0 radical (unpaired) electrons. The van der Waals surface area contributed by atoms with Crippen LogP contribution in [0.3, 0.4) is 0 Å². The zero-order chi connectivity index (χ0) is 16.1. The average molecular weight is 310 g/mol. The van der Waals surface area contributed by atoms with Gasteiger partial charge in [-0.25, -0.2) is 0 Å². The van der Waals surface area contributed by atoms with E-state index in [0.29, 0.717) is 18.9 Å². The van der Waals surface area contributed by atoms with Crippen LogP contribution in [0.25, 0.3) is 0 Å². The third-order valence-corrected chi connectivity index (χ3v) is 4.80. The number of hydrogen-bond donors (Lipinski definition) is 1. The summed E-state index contributed by atoms with van der Waals surface area (Å²) in [4.78, 5) is 30.5. The first-order chi connectivity index (χ1) is 10.5. The fourth-order valence-electron chi connectivity index (χ4n) is 3.38. The number of hydrogen-bond acceptors (Lipinski definition) is 4. The van der Waals surface area contributed by atoms with E-state index in [4.69, 9.17) is 0 Å². The van der Waals surface area contributed by atoms with Gasteiger partial charge in [0.05, 0.1) is 5.92 Å². The predicted molar refractivity (Wildman–Crippen MR) is 86.5 cm³/mol. The van der Waals surface area contributed by atoms with Crippen molar-refractivity contribution in [3.63, 3.8) is 0 Å². The zero-order valence-electron chi connectivity index (χ0n) is 14.2. The van der Waals surface area contributed by atoms with Crippen molar-refractivity contribution < 1.29 is 9.59 Å². The van der Waals surface area contributed by atoms with Crippen LogP contribution in [-0.2, 0) is 9.59 Å². The highest BCUT2D eigenvalue weighted by Crippen LogP contribution is 2.23. The normalized spacial score (nSPS) is 23.6. The van der Waals surface area contributed by atoms with Crippen molar-refractivity contribution >= 4 is 11.8 Å². The average Bonchev–Trinajstić information content (AvgIpc) is 2.87. The summed E-state index contributed by atoms with van der Waals surface area (Å²) in [5.41, 5.74) is 0. The standard InChI is InChI=1S/C16H30N4O2/c1-17-11-13-4-6-19(7-5-13)16(22)14-10-15(21)20(12-14)9-8-18(2)3/h13-14,17H,4-12H2,1-3H3. The highest BCUT2D eigenvalue weighted by atomic mass is 16.2. The van der Waals surface area contributed by atoms with Crippen LogP contribution in [0.2, 0.25) is 0 Å². The molecule has 6 nitrogen and oxygen atoms in total. The number of carbonyl (C=O) groups is 2. The van der Waals surface area contributed by atoms with Gasteiger partial charge in [-0.2, -0.15) is 0 Å². The maximum absolute atomic E-state index is 12.6. The lowest BCUT2D eigenvalue weighted by Gasteiger charge is -2.33. The topological polar surface area (TPSA) is 55.9 Å². The third kappa shape index (κ3) is 4.43. The van der Waals surface area contributed by atoms with Gasteiger partial charge in [0.25, 0.3) is 0 Å². The van der Waals surface area contributed by atoms with E-state index in [1.54, 1.807) is 0 Å². The van der Waals surface area contributed by atoms with E-state index in [1.807, 2.05) is 30.9 Å². The number of nitrogens with zero attached hydrogens (tertiary/aromatic N) is 3. The molecule has 2 saturated heterocycles. The predicted octanol–water partition coefficient (Wildman–Crippen LogP) is -0.145. The Kier molecular flexibility index (Phi) is 6.20. The molecular weight excluding hydrogens is 280 g/mol. The first kappa shape index (κ1) is 17.2. The number of amides is 2. The monoisotopic (exact) mass is 310 g/mol. The van der Waals surface area contributed by atoms with Gasteiger partial charge in [-0.15, -0.1) is 0 Å². The molecule has 1 atom stereocenters. The molecule has 22 heavy (non-hydrogen) atoms. The molecule has 2 amide bonds. The lowest BCUT2D eigenvalue weighted by molar-refractivity contribution is -0.137. The fraction of sp³-hybridized carbons (Fsp3) is 0.875. The highest BCUT2D eigenvalue weighted by molar-refractivity contribution is 5.89. The van der Waals surface area contributed by atoms with Gasteiger partial charge in [0.1, 0.15) is 0 Å². The summed E-state index contributed by atoms with van der Waals surface area (Å²) in [7, 11) is 5.97. The molecule has 0 saturated carbocycles. The maximum atomic E-state index is 12.6. The second kappa shape index (κ2) is 7.92. The Bertz CT molecular complexity index is 392. The Morgan fingerprint density at radius 3 is 2.59 bits per heavy atom. The van der Waals surface area contributed by atoms with Crippen LogP contribution in [0.4, 0.5) is 0 Å². The minimum Gasteiger partial charge on any atom is -0.342 e. The van der Waals surface area contributed by atoms with Gasteiger partial charge in [0.15, 0.2) is 0 Å². The molecule has 2 aliphatic heterocycles. The van der Waals surface area contributed by atoms with Crippen LogP contribution in [0.1, 0.15) is 19.3 Å². The lowest BCUT2D eigenvalue weighted by Crippen LogP contribution is -2.44. The van der Waals surface area contributed by atoms with Crippen molar-refractivity contribution in [1.82, 2.24) is 20.0 Å². The molecule has 0 aromatic rings. The molecule has 2 aliphatic rings. The number of piperidine rings is 1. The lowest BCUT2D eigenvalue weighted by atomic mass is 9.95. The number of carbonyl (C=O) groups excluding carboxylic acids is 2. The third-order valence-electron chi connectivity index (χ3n) is 4.80. The summed E-state index contributed by atoms with van der Waals surface area (Å²) < 4.78 is 0. The highest BCUT2D eigenvalue weighted by Gasteiger charge is 2.37. The van der Waals surface area contributed by atoms with E-state index >= 15 is 0 Å². The summed E-state index contributed by atoms with van der Waals surface area (Å²) >= 11 is 0. The molecule has 0 aromatic heterocycles. The van der Waals surface area contributed by atoms with Crippen LogP contribution in [-0.4, -0.2) is 86.9 Å². The zero-order valence-corrected chi connectivity index (χ0v) is 14.2. The first-order valence-corrected chi connectivity index (χ1v) is 8.37. The van der Waals surface area contributed by atoms with Crippen LogP contribution >= 0.6 is 0 Å². The number of rotatable bonds is 6. The van der Waals surface area contributed by atoms with Crippen LogP contribution in [0, 0.1) is 11.8 Å². The Morgan fingerprint density at radius 1 is 1.32 bits per heavy atom. The Labute approximate surface area is 133 Å². The summed E-state index contributed by atoms with van der Waals surface area (Å²) in [5, 5.41) is 3.21. The summed E-state index contributed by atoms with van der Waals surface area (Å²) in [6.45, 7) is 4.88. The van der Waals surface area contributed by atoms with Gasteiger partial charge in [-0.1, -0.05) is 0 Å². The smallest absolute Gasteiger partial charge is 0.227 e. The molecule has 1 N–H and O–H groups in total. The molecule has 0 bridgehead atoms. The van der Waals surface area contributed by atoms with Crippen molar-refractivity contribution in [1.29, 1.82) is 0 Å². The molecule has 2 rings (SSSR count). The number of nitrogens with one attached hydrogen (secondary N) is 1. The Hall–Kier alpha value is -1.14. The summed E-state index contributed by atoms with van der Waals surface area (Å²) in [6, 6.07) is 0. The summed E-state index contributed by atoms with van der Waals surface area (Å²) in [6.07, 6.45) is 2.53. The second-order valence-electron chi connectivity index (χ2n) is 6.87. The molecule has 6 heteroatoms. The molecular formula is C16H30N4O2. The van der Waals surface area contributed by atoms with E-state index < -0.39 is 0 Å². The molecule has 126 valence electrons. The molecule has 1 unspecified atom stereocenters. The molecule has 2 heterocycles. The molecule has 0 spiro atoms. The van der Waals surface area contributed by atoms with E-state index in [1.165, 1.54) is 0 Å². The van der Waals surface area contributed by atoms with Gasteiger partial charge in [-0.05, 0) is 46.4 Å². The molecule has 2 fully saturated rings. The van der Waals surface area contributed by atoms with Gasteiger partial charge in [0.2, 0.25) is 11.8 Å².